The van der Waals surface area contributed by atoms with Gasteiger partial charge in [0.25, 0.3) is 0 Å². The Kier molecular flexibility index (Phi) is 1.24. The Hall–Kier alpha value is -1.90. The third-order valence-electron chi connectivity index (χ3n) is 2.53. The van der Waals surface area contributed by atoms with Gasteiger partial charge in [0.15, 0.2) is 11.5 Å². The maximum absolute atomic E-state index is 9.86. The Balaban J connectivity index is 2.58. The molecular weight excluding hydrogens is 180 g/mol. The number of hydrogen-bond acceptors (Lipinski definition) is 3. The molecule has 0 aromatic heterocycles. The summed E-state index contributed by atoms with van der Waals surface area (Å²) in [6.45, 7) is 1.86. The van der Waals surface area contributed by atoms with Crippen LogP contribution in [-0.4, -0.2) is 5.11 Å². The zero-order valence-electron chi connectivity index (χ0n) is 7.57. The van der Waals surface area contributed by atoms with Crippen LogP contribution in [0.5, 0.6) is 17.2 Å². The van der Waals surface area contributed by atoms with Crippen LogP contribution in [-0.2, 0) is 0 Å². The number of rotatable bonds is 0. The quantitative estimate of drug-likeness (QED) is 0.645. The molecule has 2 bridgehead atoms. The first-order chi connectivity index (χ1) is 6.79. The summed E-state index contributed by atoms with van der Waals surface area (Å²) in [4.78, 5) is 9.99. The Labute approximate surface area is 80.4 Å². The lowest BCUT2D eigenvalue weighted by Gasteiger charge is -2.01. The van der Waals surface area contributed by atoms with Gasteiger partial charge in [0.2, 0.25) is 5.75 Å². The van der Waals surface area contributed by atoms with Crippen molar-refractivity contribution >= 4 is 10.8 Å². The molecule has 0 amide bonds. The molecule has 14 heavy (non-hydrogen) atoms. The largest absolute Gasteiger partial charge is 0.504 e. The first kappa shape index (κ1) is 7.50. The fourth-order valence-corrected chi connectivity index (χ4v) is 1.79. The molecule has 3 rings (SSSR count). The van der Waals surface area contributed by atoms with E-state index in [0.717, 1.165) is 16.3 Å². The van der Waals surface area contributed by atoms with Crippen molar-refractivity contribution in [2.24, 2.45) is 0 Å². The van der Waals surface area contributed by atoms with Gasteiger partial charge in [-0.1, -0.05) is 24.3 Å². The monoisotopic (exact) mass is 188 g/mol. The van der Waals surface area contributed by atoms with Gasteiger partial charge in [0.05, 0.1) is 0 Å². The molecule has 0 unspecified atom stereocenters. The lowest BCUT2D eigenvalue weighted by molar-refractivity contribution is -0.0849. The molecule has 0 atom stereocenters. The van der Waals surface area contributed by atoms with Crippen molar-refractivity contribution in [1.82, 2.24) is 0 Å². The van der Waals surface area contributed by atoms with E-state index >= 15 is 0 Å². The molecule has 0 aliphatic carbocycles. The minimum absolute atomic E-state index is 0.152. The van der Waals surface area contributed by atoms with Crippen LogP contribution in [0.4, 0.5) is 0 Å². The SMILES string of the molecule is Cc1c2c(O)c3ccccc3c1OO2. The average Bonchev–Trinajstić information content (AvgIpc) is 2.51. The van der Waals surface area contributed by atoms with E-state index < -0.39 is 0 Å². The van der Waals surface area contributed by atoms with Crippen molar-refractivity contribution in [3.63, 3.8) is 0 Å². The van der Waals surface area contributed by atoms with E-state index in [2.05, 4.69) is 0 Å². The standard InChI is InChI=1S/C11H8O3/c1-6-10-8-5-3-2-4-7(8)9(12)11(6)14-13-10/h2-5,12H,1H3. The lowest BCUT2D eigenvalue weighted by Crippen LogP contribution is -1.90. The Morgan fingerprint density at radius 1 is 1.00 bits per heavy atom. The Morgan fingerprint density at radius 3 is 2.43 bits per heavy atom. The molecule has 2 aromatic carbocycles. The molecule has 0 saturated carbocycles. The summed E-state index contributed by atoms with van der Waals surface area (Å²) in [6, 6.07) is 7.51. The molecule has 3 heteroatoms. The number of aromatic hydroxyl groups is 1. The number of benzene rings is 2. The number of phenols is 1. The minimum Gasteiger partial charge on any atom is -0.504 e. The van der Waals surface area contributed by atoms with E-state index in [1.807, 2.05) is 31.2 Å². The molecule has 1 aliphatic rings. The molecule has 0 radical (unpaired) electrons. The fraction of sp³-hybridized carbons (Fsp3) is 0.0909. The van der Waals surface area contributed by atoms with Crippen LogP contribution >= 0.6 is 0 Å². The predicted molar refractivity (Wildman–Crippen MR) is 51.6 cm³/mol. The summed E-state index contributed by atoms with van der Waals surface area (Å²) >= 11 is 0. The molecule has 1 heterocycles. The highest BCUT2D eigenvalue weighted by molar-refractivity contribution is 5.97. The van der Waals surface area contributed by atoms with Gasteiger partial charge in [-0.25, -0.2) is 0 Å². The lowest BCUT2D eigenvalue weighted by atomic mass is 10.0. The van der Waals surface area contributed by atoms with Gasteiger partial charge < -0.3 is 5.11 Å². The highest BCUT2D eigenvalue weighted by Gasteiger charge is 2.26. The normalized spacial score (nSPS) is 12.6. The zero-order valence-corrected chi connectivity index (χ0v) is 7.57. The molecule has 0 saturated heterocycles. The third-order valence-corrected chi connectivity index (χ3v) is 2.53. The summed E-state index contributed by atoms with van der Waals surface area (Å²) < 4.78 is 0. The first-order valence-electron chi connectivity index (χ1n) is 4.38. The van der Waals surface area contributed by atoms with Gasteiger partial charge in [0, 0.05) is 16.3 Å². The smallest absolute Gasteiger partial charge is 0.227 e. The zero-order chi connectivity index (χ0) is 9.71. The second kappa shape index (κ2) is 2.32. The van der Waals surface area contributed by atoms with Crippen LogP contribution in [0.15, 0.2) is 24.3 Å². The van der Waals surface area contributed by atoms with Crippen LogP contribution in [0.3, 0.4) is 0 Å². The fourth-order valence-electron chi connectivity index (χ4n) is 1.79. The maximum atomic E-state index is 9.86. The molecular formula is C11H8O3. The maximum Gasteiger partial charge on any atom is 0.227 e. The molecule has 1 N–H and O–H groups in total. The third kappa shape index (κ3) is 0.719. The number of hydrogen-bond donors (Lipinski definition) is 1. The predicted octanol–water partition coefficient (Wildman–Crippen LogP) is 2.54. The van der Waals surface area contributed by atoms with Crippen molar-refractivity contribution < 1.29 is 14.9 Å². The van der Waals surface area contributed by atoms with Gasteiger partial charge in [-0.2, -0.15) is 0 Å². The van der Waals surface area contributed by atoms with Gasteiger partial charge in [-0.3, -0.25) is 9.78 Å². The topological polar surface area (TPSA) is 38.7 Å². The van der Waals surface area contributed by atoms with Crippen LogP contribution in [0.2, 0.25) is 0 Å². The second-order valence-electron chi connectivity index (χ2n) is 3.34. The van der Waals surface area contributed by atoms with Crippen molar-refractivity contribution in [3.8, 4) is 17.2 Å². The molecule has 70 valence electrons. The number of fused-ring (bicyclic) bond motifs is 4. The summed E-state index contributed by atoms with van der Waals surface area (Å²) in [5, 5.41) is 11.5. The highest BCUT2D eigenvalue weighted by Crippen LogP contribution is 2.48. The van der Waals surface area contributed by atoms with E-state index in [-0.39, 0.29) is 5.75 Å². The first-order valence-corrected chi connectivity index (χ1v) is 4.38. The highest BCUT2D eigenvalue weighted by atomic mass is 17.2. The van der Waals surface area contributed by atoms with Gasteiger partial charge in [0.1, 0.15) is 0 Å². The van der Waals surface area contributed by atoms with Crippen LogP contribution < -0.4 is 9.78 Å². The molecule has 0 spiro atoms. The molecule has 1 aliphatic heterocycles. The van der Waals surface area contributed by atoms with E-state index in [9.17, 15) is 5.11 Å². The van der Waals surface area contributed by atoms with Crippen LogP contribution in [0.1, 0.15) is 5.56 Å². The van der Waals surface area contributed by atoms with Crippen LogP contribution in [0, 0.1) is 6.92 Å². The summed E-state index contributed by atoms with van der Waals surface area (Å²) in [5.41, 5.74) is 0.848. The summed E-state index contributed by atoms with van der Waals surface area (Å²) in [6.07, 6.45) is 0. The molecule has 2 aromatic rings. The second-order valence-corrected chi connectivity index (χ2v) is 3.34. The van der Waals surface area contributed by atoms with Crippen molar-refractivity contribution in [3.05, 3.63) is 29.8 Å². The van der Waals surface area contributed by atoms with Crippen LogP contribution in [0.25, 0.3) is 10.8 Å². The van der Waals surface area contributed by atoms with Gasteiger partial charge in [-0.15, -0.1) is 0 Å². The number of phenolic OH excluding ortho intramolecular Hbond substituents is 1. The Bertz CT molecular complexity index is 532. The summed E-state index contributed by atoms with van der Waals surface area (Å²) in [5.74, 6) is 1.28. The molecule has 3 nitrogen and oxygen atoms in total. The van der Waals surface area contributed by atoms with Crippen molar-refractivity contribution in [1.29, 1.82) is 0 Å². The van der Waals surface area contributed by atoms with Crippen molar-refractivity contribution in [2.45, 2.75) is 6.92 Å². The Morgan fingerprint density at radius 2 is 1.64 bits per heavy atom. The van der Waals surface area contributed by atoms with E-state index in [1.165, 1.54) is 0 Å². The van der Waals surface area contributed by atoms with Crippen molar-refractivity contribution in [2.75, 3.05) is 0 Å². The minimum atomic E-state index is 0.152. The van der Waals surface area contributed by atoms with E-state index in [0.29, 0.717) is 11.5 Å². The van der Waals surface area contributed by atoms with Gasteiger partial charge >= 0.3 is 0 Å². The van der Waals surface area contributed by atoms with Gasteiger partial charge in [-0.05, 0) is 6.92 Å². The molecule has 0 fully saturated rings. The van der Waals surface area contributed by atoms with E-state index in [4.69, 9.17) is 9.78 Å². The summed E-state index contributed by atoms with van der Waals surface area (Å²) in [7, 11) is 0. The average molecular weight is 188 g/mol. The van der Waals surface area contributed by atoms with E-state index in [1.54, 1.807) is 0 Å².